The number of benzene rings is 1. The van der Waals surface area contributed by atoms with E-state index in [0.717, 1.165) is 5.56 Å². The monoisotopic (exact) mass is 270 g/mol. The lowest BCUT2D eigenvalue weighted by Gasteiger charge is -2.12. The SMILES string of the molecule is COc1cc(-c2c(C)cn(C)c(=O)c2C#N)ccc1O. The largest absolute Gasteiger partial charge is 0.504 e. The Labute approximate surface area is 116 Å². The van der Waals surface area contributed by atoms with Gasteiger partial charge in [-0.25, -0.2) is 0 Å². The van der Waals surface area contributed by atoms with Crippen LogP contribution >= 0.6 is 0 Å². The van der Waals surface area contributed by atoms with E-state index < -0.39 is 0 Å². The Morgan fingerprint density at radius 3 is 2.70 bits per heavy atom. The number of aromatic nitrogens is 1. The summed E-state index contributed by atoms with van der Waals surface area (Å²) >= 11 is 0. The van der Waals surface area contributed by atoms with Gasteiger partial charge in [-0.3, -0.25) is 4.79 Å². The summed E-state index contributed by atoms with van der Waals surface area (Å²) in [7, 11) is 3.05. The van der Waals surface area contributed by atoms with Gasteiger partial charge in [-0.2, -0.15) is 5.26 Å². The van der Waals surface area contributed by atoms with Crippen LogP contribution in [0.2, 0.25) is 0 Å². The van der Waals surface area contributed by atoms with Crippen molar-refractivity contribution in [2.45, 2.75) is 6.92 Å². The van der Waals surface area contributed by atoms with Gasteiger partial charge in [-0.15, -0.1) is 0 Å². The van der Waals surface area contributed by atoms with Crippen molar-refractivity contribution < 1.29 is 9.84 Å². The van der Waals surface area contributed by atoms with E-state index in [4.69, 9.17) is 4.74 Å². The zero-order valence-electron chi connectivity index (χ0n) is 11.5. The highest BCUT2D eigenvalue weighted by atomic mass is 16.5. The van der Waals surface area contributed by atoms with Crippen LogP contribution in [0.1, 0.15) is 11.1 Å². The summed E-state index contributed by atoms with van der Waals surface area (Å²) in [6, 6.07) is 6.70. The third-order valence-corrected chi connectivity index (χ3v) is 3.15. The molecule has 0 saturated carbocycles. The number of nitriles is 1. The number of pyridine rings is 1. The molecular formula is C15H14N2O3. The van der Waals surface area contributed by atoms with Crippen molar-refractivity contribution in [3.63, 3.8) is 0 Å². The van der Waals surface area contributed by atoms with Crippen molar-refractivity contribution in [2.75, 3.05) is 7.11 Å². The molecule has 0 radical (unpaired) electrons. The molecule has 1 N–H and O–H groups in total. The topological polar surface area (TPSA) is 75.2 Å². The van der Waals surface area contributed by atoms with Crippen LogP contribution in [0.15, 0.2) is 29.2 Å². The van der Waals surface area contributed by atoms with Gasteiger partial charge < -0.3 is 14.4 Å². The first kappa shape index (κ1) is 13.7. The molecule has 2 rings (SSSR count). The van der Waals surface area contributed by atoms with Crippen LogP contribution in [0.4, 0.5) is 0 Å². The van der Waals surface area contributed by atoms with Gasteiger partial charge in [0.2, 0.25) is 0 Å². The number of aromatic hydroxyl groups is 1. The van der Waals surface area contributed by atoms with Crippen molar-refractivity contribution in [2.24, 2.45) is 7.05 Å². The van der Waals surface area contributed by atoms with E-state index in [9.17, 15) is 15.2 Å². The van der Waals surface area contributed by atoms with Crippen LogP contribution in [0.25, 0.3) is 11.1 Å². The van der Waals surface area contributed by atoms with Crippen LogP contribution < -0.4 is 10.3 Å². The molecule has 0 fully saturated rings. The number of nitrogens with zero attached hydrogens (tertiary/aromatic N) is 2. The molecule has 102 valence electrons. The zero-order chi connectivity index (χ0) is 14.9. The molecule has 2 aromatic rings. The number of methoxy groups -OCH3 is 1. The molecular weight excluding hydrogens is 256 g/mol. The van der Waals surface area contributed by atoms with Crippen molar-refractivity contribution >= 4 is 0 Å². The average Bonchev–Trinajstić information content (AvgIpc) is 2.43. The number of hydrogen-bond donors (Lipinski definition) is 1. The number of phenolic OH excluding ortho intramolecular Hbond substituents is 1. The second-order valence-electron chi connectivity index (χ2n) is 4.48. The van der Waals surface area contributed by atoms with E-state index in [1.54, 1.807) is 25.4 Å². The summed E-state index contributed by atoms with van der Waals surface area (Å²) < 4.78 is 6.44. The van der Waals surface area contributed by atoms with Gasteiger partial charge in [0.05, 0.1) is 7.11 Å². The Kier molecular flexibility index (Phi) is 3.49. The Bertz CT molecular complexity index is 770. The highest BCUT2D eigenvalue weighted by Gasteiger charge is 2.15. The fraction of sp³-hybridized carbons (Fsp3) is 0.200. The lowest BCUT2D eigenvalue weighted by molar-refractivity contribution is 0.373. The molecule has 5 nitrogen and oxygen atoms in total. The van der Waals surface area contributed by atoms with Gasteiger partial charge in [0, 0.05) is 18.8 Å². The first-order valence-electron chi connectivity index (χ1n) is 5.97. The molecule has 0 aliphatic rings. The van der Waals surface area contributed by atoms with Crippen LogP contribution in [-0.2, 0) is 7.05 Å². The van der Waals surface area contributed by atoms with Crippen LogP contribution in [0.5, 0.6) is 11.5 Å². The molecule has 0 unspecified atom stereocenters. The van der Waals surface area contributed by atoms with E-state index >= 15 is 0 Å². The minimum absolute atomic E-state index is 0.0104. The standard InChI is InChI=1S/C15H14N2O3/c1-9-8-17(2)15(19)11(7-16)14(9)10-4-5-12(18)13(6-10)20-3/h4-6,8,18H,1-3H3. The number of rotatable bonds is 2. The van der Waals surface area contributed by atoms with Gasteiger partial charge in [0.25, 0.3) is 5.56 Å². The maximum atomic E-state index is 12.0. The molecule has 1 heterocycles. The molecule has 0 atom stereocenters. The normalized spacial score (nSPS) is 10.1. The number of ether oxygens (including phenoxy) is 1. The second-order valence-corrected chi connectivity index (χ2v) is 4.48. The summed E-state index contributed by atoms with van der Waals surface area (Å²) in [4.78, 5) is 12.0. The molecule has 20 heavy (non-hydrogen) atoms. The van der Waals surface area contributed by atoms with Crippen molar-refractivity contribution in [1.29, 1.82) is 5.26 Å². The Hall–Kier alpha value is -2.74. The highest BCUT2D eigenvalue weighted by molar-refractivity contribution is 5.75. The third kappa shape index (κ3) is 2.12. The summed E-state index contributed by atoms with van der Waals surface area (Å²) in [6.07, 6.45) is 1.68. The summed E-state index contributed by atoms with van der Waals surface area (Å²) in [5.41, 5.74) is 1.76. The van der Waals surface area contributed by atoms with Gasteiger partial charge in [0.15, 0.2) is 11.5 Å². The van der Waals surface area contributed by atoms with E-state index in [0.29, 0.717) is 16.9 Å². The fourth-order valence-electron chi connectivity index (χ4n) is 2.20. The molecule has 0 saturated heterocycles. The number of phenols is 1. The van der Waals surface area contributed by atoms with Crippen LogP contribution in [0, 0.1) is 18.3 Å². The number of aryl methyl sites for hydroxylation is 2. The molecule has 0 aliphatic carbocycles. The molecule has 1 aromatic carbocycles. The maximum Gasteiger partial charge on any atom is 0.268 e. The van der Waals surface area contributed by atoms with Crippen LogP contribution in [-0.4, -0.2) is 16.8 Å². The van der Waals surface area contributed by atoms with E-state index in [-0.39, 0.29) is 16.9 Å². The Morgan fingerprint density at radius 2 is 2.10 bits per heavy atom. The first-order chi connectivity index (χ1) is 9.49. The maximum absolute atomic E-state index is 12.0. The van der Waals surface area contributed by atoms with E-state index in [1.807, 2.05) is 13.0 Å². The zero-order valence-corrected chi connectivity index (χ0v) is 11.5. The van der Waals surface area contributed by atoms with Gasteiger partial charge in [-0.05, 0) is 30.2 Å². The third-order valence-electron chi connectivity index (χ3n) is 3.15. The van der Waals surface area contributed by atoms with Crippen molar-refractivity contribution in [3.8, 4) is 28.7 Å². The molecule has 5 heteroatoms. The van der Waals surface area contributed by atoms with E-state index in [2.05, 4.69) is 0 Å². The number of hydrogen-bond acceptors (Lipinski definition) is 4. The smallest absolute Gasteiger partial charge is 0.268 e. The summed E-state index contributed by atoms with van der Waals surface area (Å²) in [6.45, 7) is 1.83. The Morgan fingerprint density at radius 1 is 1.40 bits per heavy atom. The lowest BCUT2D eigenvalue weighted by atomic mass is 9.97. The summed E-state index contributed by atoms with van der Waals surface area (Å²) in [5.74, 6) is 0.308. The van der Waals surface area contributed by atoms with E-state index in [1.165, 1.54) is 17.7 Å². The molecule has 0 bridgehead atoms. The Balaban J connectivity index is 2.80. The minimum atomic E-state index is -0.347. The minimum Gasteiger partial charge on any atom is -0.504 e. The average molecular weight is 270 g/mol. The van der Waals surface area contributed by atoms with Gasteiger partial charge in [0.1, 0.15) is 11.6 Å². The van der Waals surface area contributed by atoms with Gasteiger partial charge >= 0.3 is 0 Å². The highest BCUT2D eigenvalue weighted by Crippen LogP contribution is 2.33. The summed E-state index contributed by atoms with van der Waals surface area (Å²) in [5, 5.41) is 18.9. The van der Waals surface area contributed by atoms with Gasteiger partial charge in [-0.1, -0.05) is 6.07 Å². The molecule has 0 spiro atoms. The van der Waals surface area contributed by atoms with Crippen molar-refractivity contribution in [3.05, 3.63) is 45.9 Å². The fourth-order valence-corrected chi connectivity index (χ4v) is 2.20. The van der Waals surface area contributed by atoms with Crippen LogP contribution in [0.3, 0.4) is 0 Å². The predicted molar refractivity (Wildman–Crippen MR) is 74.8 cm³/mol. The van der Waals surface area contributed by atoms with Crippen molar-refractivity contribution in [1.82, 2.24) is 4.57 Å². The predicted octanol–water partition coefficient (Wildman–Crippen LogP) is 1.95. The molecule has 1 aromatic heterocycles. The molecule has 0 amide bonds. The molecule has 0 aliphatic heterocycles. The lowest BCUT2D eigenvalue weighted by Crippen LogP contribution is -2.20. The second kappa shape index (κ2) is 5.10. The quantitative estimate of drug-likeness (QED) is 0.905. The first-order valence-corrected chi connectivity index (χ1v) is 5.97.